The molecular weight excluding hydrogens is 198 g/mol. The minimum Gasteiger partial charge on any atom is -0.469 e. The van der Waals surface area contributed by atoms with Crippen molar-refractivity contribution in [2.45, 2.75) is 13.3 Å². The fourth-order valence-electron chi connectivity index (χ4n) is 1.31. The molecule has 0 amide bonds. The summed E-state index contributed by atoms with van der Waals surface area (Å²) < 4.78 is 4.67. The van der Waals surface area contributed by atoms with Crippen molar-refractivity contribution >= 4 is 17.7 Å². The zero-order valence-corrected chi connectivity index (χ0v) is 10.4. The number of ether oxygens (including phenoxy) is 1. The Morgan fingerprint density at radius 2 is 2.21 bits per heavy atom. The molecule has 0 aromatic rings. The molecule has 84 valence electrons. The van der Waals surface area contributed by atoms with E-state index in [0.717, 1.165) is 13.1 Å². The van der Waals surface area contributed by atoms with Crippen LogP contribution in [0.1, 0.15) is 13.3 Å². The lowest BCUT2D eigenvalue weighted by atomic mass is 10.2. The van der Waals surface area contributed by atoms with E-state index < -0.39 is 0 Å². The highest BCUT2D eigenvalue weighted by molar-refractivity contribution is 7.98. The van der Waals surface area contributed by atoms with E-state index in [-0.39, 0.29) is 11.9 Å². The minimum absolute atomic E-state index is 0.0284. The lowest BCUT2D eigenvalue weighted by Gasteiger charge is -2.19. The van der Waals surface area contributed by atoms with Gasteiger partial charge in [-0.2, -0.15) is 11.8 Å². The number of carbonyl (C=O) groups excluding carboxylic acids is 1. The van der Waals surface area contributed by atoms with Crippen LogP contribution in [-0.2, 0) is 9.53 Å². The van der Waals surface area contributed by atoms with Crippen molar-refractivity contribution in [2.24, 2.45) is 5.92 Å². The molecule has 0 aromatic heterocycles. The molecule has 0 saturated heterocycles. The van der Waals surface area contributed by atoms with Gasteiger partial charge >= 0.3 is 5.97 Å². The lowest BCUT2D eigenvalue weighted by molar-refractivity contribution is -0.145. The molecule has 3 nitrogen and oxygen atoms in total. The number of methoxy groups -OCH3 is 1. The van der Waals surface area contributed by atoms with E-state index in [1.54, 1.807) is 0 Å². The molecule has 0 heterocycles. The Bertz CT molecular complexity index is 164. The first-order chi connectivity index (χ1) is 6.61. The molecule has 0 aliphatic rings. The quantitative estimate of drug-likeness (QED) is 0.479. The van der Waals surface area contributed by atoms with Crippen molar-refractivity contribution in [1.29, 1.82) is 0 Å². The molecule has 0 aliphatic heterocycles. The summed E-state index contributed by atoms with van der Waals surface area (Å²) in [4.78, 5) is 13.3. The third-order valence-corrected chi connectivity index (χ3v) is 2.77. The van der Waals surface area contributed by atoms with E-state index in [1.165, 1.54) is 19.3 Å². The Hall–Kier alpha value is -0.220. The number of hydrogen-bond acceptors (Lipinski definition) is 4. The van der Waals surface area contributed by atoms with Crippen LogP contribution in [0.25, 0.3) is 0 Å². The van der Waals surface area contributed by atoms with Gasteiger partial charge in [-0.25, -0.2) is 0 Å². The van der Waals surface area contributed by atoms with Gasteiger partial charge in [-0.1, -0.05) is 6.92 Å². The van der Waals surface area contributed by atoms with E-state index in [4.69, 9.17) is 0 Å². The second-order valence-electron chi connectivity index (χ2n) is 3.53. The first-order valence-electron chi connectivity index (χ1n) is 4.87. The molecule has 1 atom stereocenters. The Kier molecular flexibility index (Phi) is 7.99. The summed E-state index contributed by atoms with van der Waals surface area (Å²) in [6, 6.07) is 0. The van der Waals surface area contributed by atoms with Gasteiger partial charge in [0, 0.05) is 6.54 Å². The molecule has 0 spiro atoms. The topological polar surface area (TPSA) is 29.5 Å². The van der Waals surface area contributed by atoms with Gasteiger partial charge in [-0.3, -0.25) is 4.79 Å². The third kappa shape index (κ3) is 6.27. The Balaban J connectivity index is 3.59. The molecule has 0 rings (SSSR count). The van der Waals surface area contributed by atoms with Gasteiger partial charge in [0.25, 0.3) is 0 Å². The van der Waals surface area contributed by atoms with Crippen LogP contribution in [0, 0.1) is 5.92 Å². The van der Waals surface area contributed by atoms with Gasteiger partial charge in [-0.05, 0) is 32.0 Å². The highest BCUT2D eigenvalue weighted by atomic mass is 32.2. The number of rotatable bonds is 7. The molecular formula is C10H21NO2S. The molecule has 0 aliphatic carbocycles. The fourth-order valence-corrected chi connectivity index (χ4v) is 1.73. The molecule has 0 saturated carbocycles. The molecule has 0 radical (unpaired) electrons. The van der Waals surface area contributed by atoms with Gasteiger partial charge in [0.2, 0.25) is 0 Å². The third-order valence-electron chi connectivity index (χ3n) is 2.08. The van der Waals surface area contributed by atoms with E-state index in [2.05, 4.69) is 15.9 Å². The minimum atomic E-state index is -0.123. The largest absolute Gasteiger partial charge is 0.469 e. The lowest BCUT2D eigenvalue weighted by Crippen LogP contribution is -2.30. The van der Waals surface area contributed by atoms with Crippen molar-refractivity contribution in [1.82, 2.24) is 4.90 Å². The predicted molar refractivity (Wildman–Crippen MR) is 61.7 cm³/mol. The van der Waals surface area contributed by atoms with Crippen molar-refractivity contribution in [2.75, 3.05) is 39.3 Å². The zero-order chi connectivity index (χ0) is 11.0. The van der Waals surface area contributed by atoms with Crippen LogP contribution in [0.3, 0.4) is 0 Å². The Morgan fingerprint density at radius 1 is 1.57 bits per heavy atom. The van der Waals surface area contributed by atoms with E-state index in [9.17, 15) is 4.79 Å². The van der Waals surface area contributed by atoms with Gasteiger partial charge in [0.15, 0.2) is 0 Å². The van der Waals surface area contributed by atoms with Crippen molar-refractivity contribution in [3.63, 3.8) is 0 Å². The molecule has 4 heteroatoms. The van der Waals surface area contributed by atoms with Crippen LogP contribution in [0.5, 0.6) is 0 Å². The summed E-state index contributed by atoms with van der Waals surface area (Å²) >= 11 is 1.86. The van der Waals surface area contributed by atoms with Crippen LogP contribution < -0.4 is 0 Å². The van der Waals surface area contributed by atoms with E-state index in [1.807, 2.05) is 25.7 Å². The summed E-state index contributed by atoms with van der Waals surface area (Å²) in [7, 11) is 3.48. The summed E-state index contributed by atoms with van der Waals surface area (Å²) in [6.07, 6.45) is 3.28. The molecule has 0 N–H and O–H groups in total. The van der Waals surface area contributed by atoms with E-state index >= 15 is 0 Å². The van der Waals surface area contributed by atoms with Crippen molar-refractivity contribution in [3.05, 3.63) is 0 Å². The average Bonchev–Trinajstić information content (AvgIpc) is 2.16. The predicted octanol–water partition coefficient (Wildman–Crippen LogP) is 1.48. The summed E-state index contributed by atoms with van der Waals surface area (Å²) in [5.74, 6) is 1.03. The van der Waals surface area contributed by atoms with Gasteiger partial charge < -0.3 is 9.64 Å². The fraction of sp³-hybridized carbons (Fsp3) is 0.900. The highest BCUT2D eigenvalue weighted by Gasteiger charge is 2.14. The zero-order valence-electron chi connectivity index (χ0n) is 9.58. The van der Waals surface area contributed by atoms with Gasteiger partial charge in [0.05, 0.1) is 13.0 Å². The van der Waals surface area contributed by atoms with Crippen LogP contribution in [0.4, 0.5) is 0 Å². The number of carbonyl (C=O) groups is 1. The Morgan fingerprint density at radius 3 is 2.71 bits per heavy atom. The molecule has 14 heavy (non-hydrogen) atoms. The maximum Gasteiger partial charge on any atom is 0.309 e. The SMILES string of the molecule is COC(=O)C(C)CN(C)CCCSC. The first-order valence-corrected chi connectivity index (χ1v) is 6.26. The number of esters is 1. The summed E-state index contributed by atoms with van der Waals surface area (Å²) in [6.45, 7) is 3.72. The Labute approximate surface area is 91.2 Å². The molecule has 0 fully saturated rings. The first kappa shape index (κ1) is 13.8. The smallest absolute Gasteiger partial charge is 0.309 e. The van der Waals surface area contributed by atoms with Crippen LogP contribution in [0.15, 0.2) is 0 Å². The van der Waals surface area contributed by atoms with Gasteiger partial charge in [0.1, 0.15) is 0 Å². The second kappa shape index (κ2) is 8.12. The average molecular weight is 219 g/mol. The summed E-state index contributed by atoms with van der Waals surface area (Å²) in [5, 5.41) is 0. The van der Waals surface area contributed by atoms with Crippen LogP contribution >= 0.6 is 11.8 Å². The maximum atomic E-state index is 11.1. The highest BCUT2D eigenvalue weighted by Crippen LogP contribution is 2.02. The maximum absolute atomic E-state index is 11.1. The monoisotopic (exact) mass is 219 g/mol. The second-order valence-corrected chi connectivity index (χ2v) is 4.52. The molecule has 0 aromatic carbocycles. The normalized spacial score (nSPS) is 12.9. The van der Waals surface area contributed by atoms with Crippen LogP contribution in [-0.4, -0.2) is 50.1 Å². The number of nitrogens with zero attached hydrogens (tertiary/aromatic N) is 1. The molecule has 1 unspecified atom stereocenters. The standard InChI is InChI=1S/C10H21NO2S/c1-9(10(12)13-3)8-11(2)6-5-7-14-4/h9H,5-8H2,1-4H3. The van der Waals surface area contributed by atoms with Crippen molar-refractivity contribution < 1.29 is 9.53 Å². The summed E-state index contributed by atoms with van der Waals surface area (Å²) in [5.41, 5.74) is 0. The van der Waals surface area contributed by atoms with E-state index in [0.29, 0.717) is 0 Å². The van der Waals surface area contributed by atoms with Crippen molar-refractivity contribution in [3.8, 4) is 0 Å². The molecule has 0 bridgehead atoms. The number of hydrogen-bond donors (Lipinski definition) is 0. The van der Waals surface area contributed by atoms with Crippen LogP contribution in [0.2, 0.25) is 0 Å². The number of thioether (sulfide) groups is 1. The van der Waals surface area contributed by atoms with Gasteiger partial charge in [-0.15, -0.1) is 0 Å².